The third kappa shape index (κ3) is 6.22. The van der Waals surface area contributed by atoms with Gasteiger partial charge in [-0.05, 0) is 88.2 Å². The van der Waals surface area contributed by atoms with Crippen LogP contribution < -0.4 is 9.30 Å². The van der Waals surface area contributed by atoms with E-state index in [2.05, 4.69) is 121 Å². The molecule has 58 heavy (non-hydrogen) atoms. The first kappa shape index (κ1) is 30.9. The van der Waals surface area contributed by atoms with E-state index in [9.17, 15) is 0 Å². The zero-order chi connectivity index (χ0) is 42.6. The maximum Gasteiger partial charge on any atom is 0.269 e. The van der Waals surface area contributed by atoms with E-state index in [1.807, 2.05) is 77.4 Å². The highest BCUT2D eigenvalue weighted by molar-refractivity contribution is 6.09. The van der Waals surface area contributed by atoms with Crippen LogP contribution in [0.2, 0.25) is 0 Å². The molecule has 1 unspecified atom stereocenters. The number of aromatic nitrogens is 4. The van der Waals surface area contributed by atoms with Crippen molar-refractivity contribution in [3.05, 3.63) is 200 Å². The highest BCUT2D eigenvalue weighted by Crippen LogP contribution is 2.37. The second kappa shape index (κ2) is 14.7. The maximum atomic E-state index is 9.04. The van der Waals surface area contributed by atoms with Gasteiger partial charge in [0.05, 0.1) is 38.9 Å². The Morgan fingerprint density at radius 1 is 0.621 bits per heavy atom. The van der Waals surface area contributed by atoms with E-state index in [1.165, 1.54) is 0 Å². The number of fused-ring (bicyclic) bond motifs is 4. The Morgan fingerprint density at radius 3 is 2.07 bits per heavy atom. The van der Waals surface area contributed by atoms with Crippen LogP contribution in [0.4, 0.5) is 0 Å². The molecule has 3 heterocycles. The van der Waals surface area contributed by atoms with Crippen LogP contribution in [0.5, 0.6) is 11.5 Å². The summed E-state index contributed by atoms with van der Waals surface area (Å²) < 4.78 is 47.8. The third-order valence-corrected chi connectivity index (χ3v) is 11.2. The predicted octanol–water partition coefficient (Wildman–Crippen LogP) is 13.1. The molecule has 0 N–H and O–H groups in total. The lowest BCUT2D eigenvalue weighted by atomic mass is 9.91. The van der Waals surface area contributed by atoms with Crippen LogP contribution in [0.15, 0.2) is 188 Å². The van der Waals surface area contributed by atoms with Crippen molar-refractivity contribution in [2.75, 3.05) is 0 Å². The molecule has 280 valence electrons. The van der Waals surface area contributed by atoms with E-state index in [-0.39, 0.29) is 30.1 Å². The molecule has 0 fully saturated rings. The summed E-state index contributed by atoms with van der Waals surface area (Å²) in [5, 5.41) is 1.12. The van der Waals surface area contributed by atoms with E-state index in [0.717, 1.165) is 50.2 Å². The molecule has 0 aliphatic heterocycles. The van der Waals surface area contributed by atoms with Gasteiger partial charge < -0.3 is 4.74 Å². The molecule has 0 spiro atoms. The lowest BCUT2D eigenvalue weighted by Crippen LogP contribution is -2.31. The fourth-order valence-corrected chi connectivity index (χ4v) is 7.95. The fourth-order valence-electron chi connectivity index (χ4n) is 7.95. The summed E-state index contributed by atoms with van der Waals surface area (Å²) in [5.41, 5.74) is 10.4. The van der Waals surface area contributed by atoms with Gasteiger partial charge in [-0.2, -0.15) is 0 Å². The van der Waals surface area contributed by atoms with Gasteiger partial charge in [0.25, 0.3) is 6.33 Å². The minimum absolute atomic E-state index is 0.0902. The quantitative estimate of drug-likeness (QED) is 0.109. The first-order valence-corrected chi connectivity index (χ1v) is 19.7. The largest absolute Gasteiger partial charge is 0.458 e. The van der Waals surface area contributed by atoms with Gasteiger partial charge in [-0.1, -0.05) is 148 Å². The molecule has 0 radical (unpaired) electrons. The highest BCUT2D eigenvalue weighted by Gasteiger charge is 2.21. The Morgan fingerprint density at radius 2 is 1.31 bits per heavy atom. The summed E-state index contributed by atoms with van der Waals surface area (Å²) in [6, 6.07) is 52.5. The van der Waals surface area contributed by atoms with Crippen molar-refractivity contribution in [2.45, 2.75) is 26.7 Å². The van der Waals surface area contributed by atoms with Gasteiger partial charge in [-0.25, -0.2) is 4.98 Å². The monoisotopic (exact) mass is 754 g/mol. The second-order valence-corrected chi connectivity index (χ2v) is 15.0. The van der Waals surface area contributed by atoms with Gasteiger partial charge in [-0.15, -0.1) is 0 Å². The summed E-state index contributed by atoms with van der Waals surface area (Å²) in [6.07, 6.45) is 5.51. The van der Waals surface area contributed by atoms with E-state index in [4.69, 9.17) is 15.2 Å². The van der Waals surface area contributed by atoms with Crippen molar-refractivity contribution in [3.63, 3.8) is 0 Å². The van der Waals surface area contributed by atoms with Crippen LogP contribution in [-0.2, 0) is 0 Å². The molecule has 0 aliphatic rings. The Hall–Kier alpha value is -7.24. The number of ether oxygens (including phenoxy) is 1. The van der Waals surface area contributed by atoms with Gasteiger partial charge >= 0.3 is 0 Å². The molecule has 10 rings (SSSR count). The first-order chi connectivity index (χ1) is 30.2. The molecule has 0 aliphatic carbocycles. The van der Waals surface area contributed by atoms with Crippen molar-refractivity contribution in [1.82, 2.24) is 14.1 Å². The van der Waals surface area contributed by atoms with Crippen LogP contribution >= 0.6 is 0 Å². The molecule has 5 nitrogen and oxygen atoms in total. The third-order valence-electron chi connectivity index (χ3n) is 11.2. The molecule has 1 atom stereocenters. The first-order valence-electron chi connectivity index (χ1n) is 21.7. The highest BCUT2D eigenvalue weighted by atomic mass is 16.5. The fraction of sp³-hybridized carbons (Fsp3) is 0.0943. The average molecular weight is 755 g/mol. The van der Waals surface area contributed by atoms with Crippen molar-refractivity contribution < 1.29 is 14.8 Å². The zero-order valence-electron chi connectivity index (χ0n) is 36.4. The lowest BCUT2D eigenvalue weighted by molar-refractivity contribution is -0.571. The van der Waals surface area contributed by atoms with E-state index < -0.39 is 0 Å². The van der Waals surface area contributed by atoms with Gasteiger partial charge in [0.1, 0.15) is 17.3 Å². The number of benzene rings is 7. The molecule has 7 aromatic carbocycles. The van der Waals surface area contributed by atoms with Crippen molar-refractivity contribution in [1.29, 1.82) is 0 Å². The summed E-state index contributed by atoms with van der Waals surface area (Å²) >= 11 is 0. The van der Waals surface area contributed by atoms with Crippen molar-refractivity contribution in [3.8, 4) is 50.9 Å². The zero-order valence-corrected chi connectivity index (χ0v) is 32.4. The Bertz CT molecular complexity index is 3260. The number of nitrogens with zero attached hydrogens (tertiary/aromatic N) is 4. The summed E-state index contributed by atoms with van der Waals surface area (Å²) in [6.45, 7) is 6.55. The van der Waals surface area contributed by atoms with E-state index >= 15 is 0 Å². The number of para-hydroxylation sites is 4. The van der Waals surface area contributed by atoms with Crippen LogP contribution in [0.1, 0.15) is 37.7 Å². The van der Waals surface area contributed by atoms with Crippen LogP contribution in [-0.4, -0.2) is 14.1 Å². The number of hydrogen-bond donors (Lipinski definition) is 0. The van der Waals surface area contributed by atoms with E-state index in [1.54, 1.807) is 6.20 Å². The molecular weight excluding hydrogens is 709 g/mol. The number of rotatable bonds is 9. The molecule has 10 aromatic rings. The maximum absolute atomic E-state index is 9.04. The molecule has 0 amide bonds. The normalized spacial score (nSPS) is 13.1. The second-order valence-electron chi connectivity index (χ2n) is 15.0. The van der Waals surface area contributed by atoms with Crippen LogP contribution in [0, 0.1) is 12.2 Å². The predicted molar refractivity (Wildman–Crippen MR) is 236 cm³/mol. The molecule has 3 aromatic heterocycles. The van der Waals surface area contributed by atoms with E-state index in [0.29, 0.717) is 45.0 Å². The SMILES string of the molecule is [2H]c1c([2H])c([2H])c2c(c1[2H])c1ccc(Oc3cccc(-n4[c-][n+](-c5c(-c6ccccc6)cccc5-c5ccccc5)c5ccccc54)c3)cc1n2-c1cc(C(C)C(C)C)ccn1. The van der Waals surface area contributed by atoms with Gasteiger partial charge in [-0.3, -0.25) is 13.7 Å². The topological polar surface area (TPSA) is 35.9 Å². The summed E-state index contributed by atoms with van der Waals surface area (Å²) in [5.74, 6) is 2.36. The van der Waals surface area contributed by atoms with Crippen molar-refractivity contribution in [2.24, 2.45) is 5.92 Å². The lowest BCUT2D eigenvalue weighted by Gasteiger charge is -2.17. The Balaban J connectivity index is 1.10. The van der Waals surface area contributed by atoms with Gasteiger partial charge in [0, 0.05) is 23.0 Å². The van der Waals surface area contributed by atoms with Gasteiger partial charge in [0.15, 0.2) is 0 Å². The Kier molecular flexibility index (Phi) is 7.83. The van der Waals surface area contributed by atoms with Gasteiger partial charge in [0.2, 0.25) is 0 Å². The average Bonchev–Trinajstić information content (AvgIpc) is 3.87. The molecular formula is C53H42N4O. The minimum atomic E-state index is -0.290. The summed E-state index contributed by atoms with van der Waals surface area (Å²) in [7, 11) is 0. The van der Waals surface area contributed by atoms with Crippen molar-refractivity contribution >= 4 is 32.8 Å². The molecule has 5 heteroatoms. The summed E-state index contributed by atoms with van der Waals surface area (Å²) in [4.78, 5) is 4.76. The molecule has 0 saturated carbocycles. The molecule has 0 bridgehead atoms. The van der Waals surface area contributed by atoms with Crippen LogP contribution in [0.3, 0.4) is 0 Å². The minimum Gasteiger partial charge on any atom is -0.458 e. The molecule has 0 saturated heterocycles. The van der Waals surface area contributed by atoms with Crippen LogP contribution in [0.25, 0.3) is 72.3 Å². The number of imidazole rings is 1. The standard InChI is InChI=1S/C53H42N4O/c1-36(2)37(3)40-30-31-54-52(32-40)57-48-25-11-10-22-46(48)47-29-28-43(34-51(47)57)58-42-21-14-20-41(33-42)55-35-56(50-27-13-12-26-49(50)55)53-44(38-16-6-4-7-17-38)23-15-24-45(53)39-18-8-5-9-19-39/h4-34,36-37H,1-3H3/i10D,11D,22D,25D. The Labute approximate surface area is 344 Å². The number of hydrogen-bond acceptors (Lipinski definition) is 2. The number of pyridine rings is 1. The smallest absolute Gasteiger partial charge is 0.269 e.